The lowest BCUT2D eigenvalue weighted by atomic mass is 10.1. The lowest BCUT2D eigenvalue weighted by molar-refractivity contribution is 0.0745. The van der Waals surface area contributed by atoms with E-state index in [1.54, 1.807) is 43.1 Å². The predicted molar refractivity (Wildman–Crippen MR) is 94.8 cm³/mol. The highest BCUT2D eigenvalue weighted by molar-refractivity contribution is 7.92. The molecule has 1 aromatic rings. The molecule has 23 heavy (non-hydrogen) atoms. The second-order valence-electron chi connectivity index (χ2n) is 5.53. The number of benzene rings is 1. The van der Waals surface area contributed by atoms with E-state index in [1.165, 1.54) is 0 Å². The van der Waals surface area contributed by atoms with Crippen LogP contribution < -0.4 is 10.0 Å². The van der Waals surface area contributed by atoms with E-state index in [2.05, 4.69) is 10.0 Å². The van der Waals surface area contributed by atoms with Crippen LogP contribution >= 0.6 is 12.4 Å². The van der Waals surface area contributed by atoms with E-state index in [1.807, 2.05) is 0 Å². The topological polar surface area (TPSA) is 78.5 Å². The molecule has 1 saturated heterocycles. The van der Waals surface area contributed by atoms with E-state index in [9.17, 15) is 13.2 Å². The third-order valence-corrected chi connectivity index (χ3v) is 5.27. The van der Waals surface area contributed by atoms with Gasteiger partial charge in [0, 0.05) is 19.6 Å². The summed E-state index contributed by atoms with van der Waals surface area (Å²) in [6, 6.07) is 6.89. The number of carbonyl (C=O) groups is 1. The van der Waals surface area contributed by atoms with Crippen molar-refractivity contribution in [3.05, 3.63) is 29.8 Å². The van der Waals surface area contributed by atoms with Crippen molar-refractivity contribution in [1.29, 1.82) is 0 Å². The standard InChI is InChI=1S/C15H23N3O3S.ClH/c1-3-10-22(20,21)17-14-7-5-4-6-13(14)15(19)18(2)12-8-9-16-11-12;/h4-7,12,16-17H,3,8-11H2,1-2H3;1H. The second kappa shape index (κ2) is 8.52. The molecule has 0 radical (unpaired) electrons. The maximum Gasteiger partial charge on any atom is 0.256 e. The minimum atomic E-state index is -3.42. The van der Waals surface area contributed by atoms with Gasteiger partial charge >= 0.3 is 0 Å². The fourth-order valence-corrected chi connectivity index (χ4v) is 3.72. The predicted octanol–water partition coefficient (Wildman–Crippen LogP) is 1.69. The highest BCUT2D eigenvalue weighted by Crippen LogP contribution is 2.20. The normalized spacial score (nSPS) is 17.4. The molecule has 1 aliphatic heterocycles. The molecule has 0 saturated carbocycles. The molecule has 6 nitrogen and oxygen atoms in total. The number of anilines is 1. The Morgan fingerprint density at radius 2 is 2.09 bits per heavy atom. The van der Waals surface area contributed by atoms with E-state index in [0.29, 0.717) is 17.7 Å². The molecule has 1 heterocycles. The van der Waals surface area contributed by atoms with Crippen molar-refractivity contribution in [1.82, 2.24) is 10.2 Å². The number of hydrogen-bond donors (Lipinski definition) is 2. The van der Waals surface area contributed by atoms with Crippen LogP contribution in [0.3, 0.4) is 0 Å². The number of hydrogen-bond acceptors (Lipinski definition) is 4. The number of nitrogens with one attached hydrogen (secondary N) is 2. The Hall–Kier alpha value is -1.31. The highest BCUT2D eigenvalue weighted by Gasteiger charge is 2.26. The van der Waals surface area contributed by atoms with Gasteiger partial charge in [-0.3, -0.25) is 9.52 Å². The Bertz CT molecular complexity index is 631. The Morgan fingerprint density at radius 3 is 2.70 bits per heavy atom. The van der Waals surface area contributed by atoms with Crippen molar-refractivity contribution >= 4 is 34.0 Å². The van der Waals surface area contributed by atoms with Crippen LogP contribution in [-0.4, -0.2) is 51.2 Å². The van der Waals surface area contributed by atoms with Crippen LogP contribution in [0.2, 0.25) is 0 Å². The van der Waals surface area contributed by atoms with Gasteiger partial charge in [0.25, 0.3) is 5.91 Å². The Balaban J connectivity index is 0.00000264. The van der Waals surface area contributed by atoms with Gasteiger partial charge in [-0.1, -0.05) is 19.1 Å². The van der Waals surface area contributed by atoms with Gasteiger partial charge in [0.15, 0.2) is 0 Å². The van der Waals surface area contributed by atoms with Crippen molar-refractivity contribution in [2.24, 2.45) is 0 Å². The smallest absolute Gasteiger partial charge is 0.256 e. The Labute approximate surface area is 144 Å². The molecule has 1 amide bonds. The SMILES string of the molecule is CCCS(=O)(=O)Nc1ccccc1C(=O)N(C)C1CCNC1.Cl. The van der Waals surface area contributed by atoms with Crippen LogP contribution in [0, 0.1) is 0 Å². The first-order chi connectivity index (χ1) is 10.4. The summed E-state index contributed by atoms with van der Waals surface area (Å²) in [6.07, 6.45) is 1.44. The summed E-state index contributed by atoms with van der Waals surface area (Å²) < 4.78 is 26.4. The van der Waals surface area contributed by atoms with Gasteiger partial charge in [0.2, 0.25) is 10.0 Å². The van der Waals surface area contributed by atoms with Crippen molar-refractivity contribution < 1.29 is 13.2 Å². The molecule has 0 bridgehead atoms. The maximum absolute atomic E-state index is 12.7. The summed E-state index contributed by atoms with van der Waals surface area (Å²) in [6.45, 7) is 3.47. The third kappa shape index (κ3) is 5.09. The van der Waals surface area contributed by atoms with E-state index < -0.39 is 10.0 Å². The molecule has 1 fully saturated rings. The summed E-state index contributed by atoms with van der Waals surface area (Å²) in [5.41, 5.74) is 0.732. The summed E-state index contributed by atoms with van der Waals surface area (Å²) >= 11 is 0. The van der Waals surface area contributed by atoms with Gasteiger partial charge in [-0.25, -0.2) is 8.42 Å². The zero-order valence-electron chi connectivity index (χ0n) is 13.4. The van der Waals surface area contributed by atoms with Crippen molar-refractivity contribution in [3.8, 4) is 0 Å². The van der Waals surface area contributed by atoms with Crippen LogP contribution in [0.4, 0.5) is 5.69 Å². The monoisotopic (exact) mass is 361 g/mol. The average Bonchev–Trinajstić information content (AvgIpc) is 3.00. The molecule has 1 aromatic carbocycles. The van der Waals surface area contributed by atoms with Crippen LogP contribution in [-0.2, 0) is 10.0 Å². The molecule has 0 spiro atoms. The molecule has 0 aliphatic carbocycles. The van der Waals surface area contributed by atoms with Crippen LogP contribution in [0.1, 0.15) is 30.1 Å². The molecule has 8 heteroatoms. The number of carbonyl (C=O) groups excluding carboxylic acids is 1. The fourth-order valence-electron chi connectivity index (χ4n) is 2.57. The Morgan fingerprint density at radius 1 is 1.39 bits per heavy atom. The summed E-state index contributed by atoms with van der Waals surface area (Å²) in [5, 5.41) is 3.22. The number of likely N-dealkylation sites (N-methyl/N-ethyl adjacent to an activating group) is 1. The molecule has 1 unspecified atom stereocenters. The lowest BCUT2D eigenvalue weighted by Crippen LogP contribution is -2.38. The number of amides is 1. The fraction of sp³-hybridized carbons (Fsp3) is 0.533. The summed E-state index contributed by atoms with van der Waals surface area (Å²) in [7, 11) is -1.66. The van der Waals surface area contributed by atoms with Crippen LogP contribution in [0.5, 0.6) is 0 Å². The zero-order valence-corrected chi connectivity index (χ0v) is 15.0. The number of para-hydroxylation sites is 1. The first-order valence-corrected chi connectivity index (χ1v) is 9.17. The molecule has 1 atom stereocenters. The van der Waals surface area contributed by atoms with Crippen molar-refractivity contribution in [3.63, 3.8) is 0 Å². The number of rotatable bonds is 6. The summed E-state index contributed by atoms with van der Waals surface area (Å²) in [5.74, 6) is -0.124. The second-order valence-corrected chi connectivity index (χ2v) is 7.37. The van der Waals surface area contributed by atoms with Gasteiger partial charge in [0.05, 0.1) is 17.0 Å². The maximum atomic E-state index is 12.7. The zero-order chi connectivity index (χ0) is 16.2. The molecular weight excluding hydrogens is 338 g/mol. The minimum absolute atomic E-state index is 0. The van der Waals surface area contributed by atoms with Gasteiger partial charge in [-0.2, -0.15) is 0 Å². The van der Waals surface area contributed by atoms with E-state index in [0.717, 1.165) is 19.5 Å². The summed E-state index contributed by atoms with van der Waals surface area (Å²) in [4.78, 5) is 14.3. The largest absolute Gasteiger partial charge is 0.337 e. The van der Waals surface area contributed by atoms with E-state index in [-0.39, 0.29) is 30.1 Å². The van der Waals surface area contributed by atoms with E-state index in [4.69, 9.17) is 0 Å². The average molecular weight is 362 g/mol. The quantitative estimate of drug-likeness (QED) is 0.808. The molecular formula is C15H24ClN3O3S. The molecule has 130 valence electrons. The molecule has 2 rings (SSSR count). The van der Waals surface area contributed by atoms with Gasteiger partial charge in [-0.15, -0.1) is 12.4 Å². The number of sulfonamides is 1. The number of halogens is 1. The highest BCUT2D eigenvalue weighted by atomic mass is 35.5. The lowest BCUT2D eigenvalue weighted by Gasteiger charge is -2.25. The molecule has 1 aliphatic rings. The van der Waals surface area contributed by atoms with Crippen LogP contribution in [0.25, 0.3) is 0 Å². The minimum Gasteiger partial charge on any atom is -0.337 e. The Kier molecular flexibility index (Phi) is 7.31. The van der Waals surface area contributed by atoms with Gasteiger partial charge < -0.3 is 10.2 Å². The first kappa shape index (κ1) is 19.7. The van der Waals surface area contributed by atoms with Crippen LogP contribution in [0.15, 0.2) is 24.3 Å². The third-order valence-electron chi connectivity index (χ3n) is 3.80. The van der Waals surface area contributed by atoms with Crippen molar-refractivity contribution in [2.45, 2.75) is 25.8 Å². The number of nitrogens with zero attached hydrogens (tertiary/aromatic N) is 1. The molecule has 0 aromatic heterocycles. The van der Waals surface area contributed by atoms with Gasteiger partial charge in [0.1, 0.15) is 0 Å². The first-order valence-electron chi connectivity index (χ1n) is 7.52. The van der Waals surface area contributed by atoms with Crippen molar-refractivity contribution in [2.75, 3.05) is 30.6 Å². The van der Waals surface area contributed by atoms with Gasteiger partial charge in [-0.05, 0) is 31.5 Å². The van der Waals surface area contributed by atoms with E-state index >= 15 is 0 Å². The molecule has 2 N–H and O–H groups in total.